The summed E-state index contributed by atoms with van der Waals surface area (Å²) in [5.41, 5.74) is 0.965. The minimum Gasteiger partial charge on any atom is -0.361 e. The number of amides is 1. The molecule has 6 nitrogen and oxygen atoms in total. The average Bonchev–Trinajstić information content (AvgIpc) is 3.33. The second-order valence-corrected chi connectivity index (χ2v) is 7.70. The molecule has 140 valence electrons. The van der Waals surface area contributed by atoms with Gasteiger partial charge in [-0.15, -0.1) is 0 Å². The first-order chi connectivity index (χ1) is 12.7. The lowest BCUT2D eigenvalue weighted by Crippen LogP contribution is -2.48. The molecule has 0 bridgehead atoms. The summed E-state index contributed by atoms with van der Waals surface area (Å²) < 4.78 is 10.5. The van der Waals surface area contributed by atoms with E-state index in [2.05, 4.69) is 15.2 Å². The van der Waals surface area contributed by atoms with E-state index in [0.717, 1.165) is 25.7 Å². The number of carbonyl (C=O) groups is 1. The van der Waals surface area contributed by atoms with Gasteiger partial charge in [0, 0.05) is 24.2 Å². The number of aryl methyl sites for hydroxylation is 1. The minimum atomic E-state index is 0.0130. The van der Waals surface area contributed by atoms with E-state index in [1.54, 1.807) is 12.1 Å². The van der Waals surface area contributed by atoms with Crippen LogP contribution < -0.4 is 0 Å². The Kier molecular flexibility index (Phi) is 5.09. The van der Waals surface area contributed by atoms with Gasteiger partial charge in [0.2, 0.25) is 0 Å². The van der Waals surface area contributed by atoms with Gasteiger partial charge in [-0.1, -0.05) is 48.8 Å². The highest BCUT2D eigenvalue weighted by atomic mass is 16.5. The predicted octanol–water partition coefficient (Wildman–Crippen LogP) is 4.75. The molecule has 4 rings (SSSR count). The number of rotatable bonds is 4. The fraction of sp³-hybridized carbons (Fsp3) is 0.650. The van der Waals surface area contributed by atoms with Crippen molar-refractivity contribution in [3.05, 3.63) is 23.6 Å². The van der Waals surface area contributed by atoms with E-state index in [1.165, 1.54) is 38.5 Å². The third kappa shape index (κ3) is 3.55. The lowest BCUT2D eigenvalue weighted by molar-refractivity contribution is 0.0438. The van der Waals surface area contributed by atoms with E-state index in [0.29, 0.717) is 35.0 Å². The number of hydrogen-bond donors (Lipinski definition) is 0. The van der Waals surface area contributed by atoms with Gasteiger partial charge in [-0.3, -0.25) is 4.79 Å². The second-order valence-electron chi connectivity index (χ2n) is 7.70. The van der Waals surface area contributed by atoms with Crippen LogP contribution in [-0.2, 0) is 0 Å². The zero-order valence-electron chi connectivity index (χ0n) is 15.4. The van der Waals surface area contributed by atoms with E-state index in [-0.39, 0.29) is 5.91 Å². The molecular formula is C20H27N3O3. The molecule has 2 fully saturated rings. The standard InChI is InChI=1S/C20H27N3O3/c1-14-12-17(21-25-14)19-13-18(22-26-19)20(24)23(15-8-4-2-5-9-15)16-10-6-3-7-11-16/h12-13,15-16H,2-11H2,1H3. The first-order valence-corrected chi connectivity index (χ1v) is 9.95. The van der Waals surface area contributed by atoms with E-state index in [1.807, 2.05) is 6.92 Å². The SMILES string of the molecule is Cc1cc(-c2cc(C(=O)N(C3CCCCC3)C3CCCCC3)no2)no1. The molecule has 0 N–H and O–H groups in total. The summed E-state index contributed by atoms with van der Waals surface area (Å²) in [5.74, 6) is 1.20. The summed E-state index contributed by atoms with van der Waals surface area (Å²) >= 11 is 0. The summed E-state index contributed by atoms with van der Waals surface area (Å²) in [6, 6.07) is 4.18. The van der Waals surface area contributed by atoms with Gasteiger partial charge >= 0.3 is 0 Å². The highest BCUT2D eigenvalue weighted by Crippen LogP contribution is 2.32. The Hall–Kier alpha value is -2.11. The summed E-state index contributed by atoms with van der Waals surface area (Å²) in [5, 5.41) is 8.01. The maximum absolute atomic E-state index is 13.4. The molecule has 2 heterocycles. The third-order valence-corrected chi connectivity index (χ3v) is 5.78. The molecule has 2 aromatic rings. The molecule has 6 heteroatoms. The first kappa shape index (κ1) is 17.3. The van der Waals surface area contributed by atoms with Gasteiger partial charge in [-0.25, -0.2) is 0 Å². The molecule has 0 spiro atoms. The molecule has 2 aliphatic rings. The molecule has 0 saturated heterocycles. The highest BCUT2D eigenvalue weighted by molar-refractivity contribution is 5.93. The molecule has 2 saturated carbocycles. The van der Waals surface area contributed by atoms with E-state index < -0.39 is 0 Å². The van der Waals surface area contributed by atoms with Crippen LogP contribution in [0.3, 0.4) is 0 Å². The number of aromatic nitrogens is 2. The topological polar surface area (TPSA) is 72.4 Å². The van der Waals surface area contributed by atoms with Crippen LogP contribution in [0, 0.1) is 6.92 Å². The van der Waals surface area contributed by atoms with Crippen LogP contribution >= 0.6 is 0 Å². The third-order valence-electron chi connectivity index (χ3n) is 5.78. The van der Waals surface area contributed by atoms with Crippen molar-refractivity contribution in [2.45, 2.75) is 83.2 Å². The largest absolute Gasteiger partial charge is 0.361 e. The Labute approximate surface area is 153 Å². The van der Waals surface area contributed by atoms with Gasteiger partial charge in [-0.05, 0) is 32.6 Å². The van der Waals surface area contributed by atoms with E-state index in [4.69, 9.17) is 9.05 Å². The minimum absolute atomic E-state index is 0.0130. The molecule has 26 heavy (non-hydrogen) atoms. The van der Waals surface area contributed by atoms with Gasteiger partial charge < -0.3 is 13.9 Å². The van der Waals surface area contributed by atoms with E-state index in [9.17, 15) is 4.79 Å². The fourth-order valence-electron chi connectivity index (χ4n) is 4.46. The Morgan fingerprint density at radius 3 is 2.08 bits per heavy atom. The molecule has 2 aliphatic carbocycles. The average molecular weight is 357 g/mol. The molecule has 1 amide bonds. The fourth-order valence-corrected chi connectivity index (χ4v) is 4.46. The Balaban J connectivity index is 1.58. The lowest BCUT2D eigenvalue weighted by atomic mass is 9.88. The molecular weight excluding hydrogens is 330 g/mol. The number of hydrogen-bond acceptors (Lipinski definition) is 5. The van der Waals surface area contributed by atoms with Crippen molar-refractivity contribution in [1.82, 2.24) is 15.2 Å². The smallest absolute Gasteiger partial charge is 0.276 e. The van der Waals surface area contributed by atoms with Crippen LogP contribution in [0.4, 0.5) is 0 Å². The van der Waals surface area contributed by atoms with Crippen molar-refractivity contribution < 1.29 is 13.8 Å². The monoisotopic (exact) mass is 357 g/mol. The van der Waals surface area contributed by atoms with Gasteiger partial charge in [0.1, 0.15) is 5.76 Å². The normalized spacial score (nSPS) is 19.6. The van der Waals surface area contributed by atoms with Crippen LogP contribution in [0.25, 0.3) is 11.5 Å². The van der Waals surface area contributed by atoms with E-state index >= 15 is 0 Å². The lowest BCUT2D eigenvalue weighted by Gasteiger charge is -2.41. The Morgan fingerprint density at radius 2 is 1.54 bits per heavy atom. The van der Waals surface area contributed by atoms with Crippen molar-refractivity contribution in [2.24, 2.45) is 0 Å². The van der Waals surface area contributed by atoms with Crippen LogP contribution in [-0.4, -0.2) is 33.2 Å². The molecule has 2 aromatic heterocycles. The zero-order chi connectivity index (χ0) is 17.9. The van der Waals surface area contributed by atoms with Gasteiger partial charge in [0.25, 0.3) is 5.91 Å². The zero-order valence-corrected chi connectivity index (χ0v) is 15.4. The molecule has 0 radical (unpaired) electrons. The Morgan fingerprint density at radius 1 is 0.923 bits per heavy atom. The second kappa shape index (κ2) is 7.64. The van der Waals surface area contributed by atoms with Crippen LogP contribution in [0.5, 0.6) is 0 Å². The Bertz CT molecular complexity index is 721. The number of nitrogens with zero attached hydrogens (tertiary/aromatic N) is 3. The van der Waals surface area contributed by atoms with Crippen LogP contribution in [0.1, 0.15) is 80.5 Å². The molecule has 0 aliphatic heterocycles. The molecule has 0 atom stereocenters. The first-order valence-electron chi connectivity index (χ1n) is 9.95. The van der Waals surface area contributed by atoms with Crippen molar-refractivity contribution in [3.63, 3.8) is 0 Å². The maximum Gasteiger partial charge on any atom is 0.276 e. The molecule has 0 aromatic carbocycles. The van der Waals surface area contributed by atoms with Crippen molar-refractivity contribution in [3.8, 4) is 11.5 Å². The van der Waals surface area contributed by atoms with Crippen LogP contribution in [0.15, 0.2) is 21.2 Å². The van der Waals surface area contributed by atoms with Crippen molar-refractivity contribution >= 4 is 5.91 Å². The van der Waals surface area contributed by atoms with Gasteiger partial charge in [0.05, 0.1) is 0 Å². The predicted molar refractivity (Wildman–Crippen MR) is 96.7 cm³/mol. The summed E-state index contributed by atoms with van der Waals surface area (Å²) in [6.07, 6.45) is 11.8. The van der Waals surface area contributed by atoms with Crippen molar-refractivity contribution in [1.29, 1.82) is 0 Å². The quantitative estimate of drug-likeness (QED) is 0.790. The van der Waals surface area contributed by atoms with Gasteiger partial charge in [0.15, 0.2) is 17.1 Å². The maximum atomic E-state index is 13.4. The summed E-state index contributed by atoms with van der Waals surface area (Å²) in [7, 11) is 0. The number of carbonyl (C=O) groups excluding carboxylic acids is 1. The van der Waals surface area contributed by atoms with Crippen LogP contribution in [0.2, 0.25) is 0 Å². The molecule has 0 unspecified atom stereocenters. The van der Waals surface area contributed by atoms with Crippen molar-refractivity contribution in [2.75, 3.05) is 0 Å². The summed E-state index contributed by atoms with van der Waals surface area (Å²) in [6.45, 7) is 1.83. The summed E-state index contributed by atoms with van der Waals surface area (Å²) in [4.78, 5) is 15.5. The highest BCUT2D eigenvalue weighted by Gasteiger charge is 2.34. The van der Waals surface area contributed by atoms with Gasteiger partial charge in [-0.2, -0.15) is 0 Å².